The van der Waals surface area contributed by atoms with Gasteiger partial charge >= 0.3 is 0 Å². The third kappa shape index (κ3) is 4.74. The molecule has 0 radical (unpaired) electrons. The second-order valence-electron chi connectivity index (χ2n) is 10.7. The highest BCUT2D eigenvalue weighted by Gasteiger charge is 2.32. The lowest BCUT2D eigenvalue weighted by molar-refractivity contribution is 0.111. The Labute approximate surface area is 221 Å². The monoisotopic (exact) mass is 515 g/mol. The fourth-order valence-electron chi connectivity index (χ4n) is 5.43. The molecule has 0 atom stereocenters. The van der Waals surface area contributed by atoms with Crippen molar-refractivity contribution in [2.45, 2.75) is 39.8 Å². The van der Waals surface area contributed by atoms with Crippen molar-refractivity contribution in [1.29, 1.82) is 0 Å². The largest absolute Gasteiger partial charge is 0.392 e. The highest BCUT2D eigenvalue weighted by Crippen LogP contribution is 2.38. The molecule has 4 aromatic rings. The minimum absolute atomic E-state index is 0.192. The van der Waals surface area contributed by atoms with E-state index in [2.05, 4.69) is 38.9 Å². The second-order valence-corrected chi connectivity index (χ2v) is 10.7. The van der Waals surface area contributed by atoms with E-state index in [1.165, 1.54) is 15.8 Å². The summed E-state index contributed by atoms with van der Waals surface area (Å²) in [5, 5.41) is 20.3. The third-order valence-electron chi connectivity index (χ3n) is 7.24. The molecule has 1 aliphatic rings. The number of aromatic amines is 1. The van der Waals surface area contributed by atoms with E-state index in [0.717, 1.165) is 30.3 Å². The molecular formula is C28H33N7O3. The van der Waals surface area contributed by atoms with E-state index in [-0.39, 0.29) is 17.6 Å². The van der Waals surface area contributed by atoms with Gasteiger partial charge in [-0.2, -0.15) is 5.10 Å². The number of hydrogen-bond donors (Lipinski definition) is 3. The number of aryl methyl sites for hydroxylation is 1. The fourth-order valence-corrected chi connectivity index (χ4v) is 5.43. The van der Waals surface area contributed by atoms with E-state index in [4.69, 9.17) is 0 Å². The number of carbonyl (C=O) groups excluding carboxylic acids is 1. The molecule has 0 spiro atoms. The molecule has 10 heteroatoms. The van der Waals surface area contributed by atoms with E-state index in [1.54, 1.807) is 37.8 Å². The molecule has 0 unspecified atom stereocenters. The number of aliphatic hydroxyl groups is 1. The molecule has 0 saturated carbocycles. The van der Waals surface area contributed by atoms with Gasteiger partial charge in [0.2, 0.25) is 0 Å². The van der Waals surface area contributed by atoms with E-state index >= 15 is 0 Å². The summed E-state index contributed by atoms with van der Waals surface area (Å²) in [5.74, 6) is 1.18. The number of fused-ring (bicyclic) bond motifs is 1. The van der Waals surface area contributed by atoms with Crippen molar-refractivity contribution in [3.63, 3.8) is 0 Å². The van der Waals surface area contributed by atoms with Crippen LogP contribution in [-0.4, -0.2) is 49.3 Å². The maximum atomic E-state index is 12.7. The number of aliphatic hydroxyl groups excluding tert-OH is 1. The van der Waals surface area contributed by atoms with E-state index in [9.17, 15) is 14.7 Å². The molecule has 5 rings (SSSR count). The molecule has 0 aromatic carbocycles. The summed E-state index contributed by atoms with van der Waals surface area (Å²) in [6.45, 7) is 5.51. The number of pyridine rings is 2. The second kappa shape index (κ2) is 9.94. The summed E-state index contributed by atoms with van der Waals surface area (Å²) in [5.41, 5.74) is 5.77. The van der Waals surface area contributed by atoms with Crippen LogP contribution in [0.5, 0.6) is 0 Å². The average molecular weight is 516 g/mol. The number of anilines is 3. The number of aldehydes is 1. The Morgan fingerprint density at radius 1 is 1.26 bits per heavy atom. The number of rotatable bonds is 9. The Balaban J connectivity index is 1.44. The van der Waals surface area contributed by atoms with Crippen LogP contribution in [0.25, 0.3) is 11.1 Å². The molecule has 0 aliphatic heterocycles. The highest BCUT2D eigenvalue weighted by atomic mass is 16.3. The van der Waals surface area contributed by atoms with Gasteiger partial charge in [0.25, 0.3) is 5.56 Å². The van der Waals surface area contributed by atoms with Crippen LogP contribution in [0.3, 0.4) is 0 Å². The number of nitrogens with zero attached hydrogens (tertiary/aromatic N) is 5. The Bertz CT molecular complexity index is 1530. The zero-order valence-electron chi connectivity index (χ0n) is 22.2. The Morgan fingerprint density at radius 2 is 2.08 bits per heavy atom. The van der Waals surface area contributed by atoms with E-state index < -0.39 is 0 Å². The summed E-state index contributed by atoms with van der Waals surface area (Å²) in [6.07, 6.45) is 7.97. The molecule has 0 saturated heterocycles. The zero-order chi connectivity index (χ0) is 27.0. The number of aromatic nitrogens is 5. The SMILES string of the molecule is CN(CCn1c(C=O)cc2c1CC(C)(C)C2)c1nccc(-c2cc(Nc3cc[nH]n3)c(=O)n(C)c2)c1CO. The summed E-state index contributed by atoms with van der Waals surface area (Å²) < 4.78 is 3.63. The minimum atomic E-state index is -0.222. The summed E-state index contributed by atoms with van der Waals surface area (Å²) in [7, 11) is 3.63. The van der Waals surface area contributed by atoms with Gasteiger partial charge in [-0.15, -0.1) is 0 Å². The van der Waals surface area contributed by atoms with Crippen LogP contribution < -0.4 is 15.8 Å². The fraction of sp³-hybridized carbons (Fsp3) is 0.357. The number of hydrogen-bond acceptors (Lipinski definition) is 7. The summed E-state index contributed by atoms with van der Waals surface area (Å²) in [6, 6.07) is 7.36. The smallest absolute Gasteiger partial charge is 0.274 e. The Hall–Kier alpha value is -4.18. The standard InChI is InChI=1S/C28H33N7O3/c1-28(2)13-18-11-20(16-36)35(24(18)14-28)10-9-33(3)26-22(17-37)21(5-7-29-26)19-12-23(27(38)34(4)15-19)31-25-6-8-30-32-25/h5-8,11-12,15-16,37H,9-10,13-14,17H2,1-4H3,(H2,30,31,32). The lowest BCUT2D eigenvalue weighted by Crippen LogP contribution is -2.26. The summed E-state index contributed by atoms with van der Waals surface area (Å²) >= 11 is 0. The molecule has 0 fully saturated rings. The molecule has 198 valence electrons. The van der Waals surface area contributed by atoms with Gasteiger partial charge in [-0.3, -0.25) is 14.7 Å². The van der Waals surface area contributed by atoms with Gasteiger partial charge in [0, 0.05) is 68.7 Å². The van der Waals surface area contributed by atoms with E-state index in [0.29, 0.717) is 41.7 Å². The van der Waals surface area contributed by atoms with Gasteiger partial charge in [0.15, 0.2) is 12.1 Å². The molecule has 4 heterocycles. The lowest BCUT2D eigenvalue weighted by atomic mass is 9.90. The molecule has 10 nitrogen and oxygen atoms in total. The minimum Gasteiger partial charge on any atom is -0.392 e. The van der Waals surface area contributed by atoms with Crippen molar-refractivity contribution in [2.24, 2.45) is 12.5 Å². The predicted octanol–water partition coefficient (Wildman–Crippen LogP) is 3.28. The zero-order valence-corrected chi connectivity index (χ0v) is 22.2. The van der Waals surface area contributed by atoms with Gasteiger partial charge < -0.3 is 24.5 Å². The first kappa shape index (κ1) is 25.5. The first-order valence-electron chi connectivity index (χ1n) is 12.6. The van der Waals surface area contributed by atoms with Gasteiger partial charge in [-0.25, -0.2) is 4.98 Å². The van der Waals surface area contributed by atoms with Gasteiger partial charge in [0.1, 0.15) is 11.5 Å². The molecule has 1 aliphatic carbocycles. The topological polar surface area (TPSA) is 121 Å². The van der Waals surface area contributed by atoms with Crippen LogP contribution in [0.4, 0.5) is 17.3 Å². The predicted molar refractivity (Wildman–Crippen MR) is 147 cm³/mol. The average Bonchev–Trinajstić information content (AvgIpc) is 3.59. The van der Waals surface area contributed by atoms with Crippen molar-refractivity contribution < 1.29 is 9.90 Å². The van der Waals surface area contributed by atoms with Gasteiger partial charge in [0.05, 0.1) is 12.3 Å². The number of likely N-dealkylation sites (N-methyl/N-ethyl adjacent to an activating group) is 1. The molecule has 3 N–H and O–H groups in total. The van der Waals surface area contributed by atoms with Crippen molar-refractivity contribution in [2.75, 3.05) is 23.8 Å². The maximum absolute atomic E-state index is 12.7. The van der Waals surface area contributed by atoms with Crippen LogP contribution >= 0.6 is 0 Å². The molecule has 4 aromatic heterocycles. The highest BCUT2D eigenvalue weighted by molar-refractivity contribution is 5.75. The van der Waals surface area contributed by atoms with Crippen LogP contribution in [-0.2, 0) is 33.0 Å². The van der Waals surface area contributed by atoms with Crippen LogP contribution in [0.15, 0.2) is 47.7 Å². The van der Waals surface area contributed by atoms with Crippen molar-refractivity contribution in [3.8, 4) is 11.1 Å². The maximum Gasteiger partial charge on any atom is 0.274 e. The summed E-state index contributed by atoms with van der Waals surface area (Å²) in [4.78, 5) is 31.1. The molecule has 0 amide bonds. The number of H-pyrrole nitrogens is 1. The normalized spacial score (nSPS) is 13.9. The first-order valence-corrected chi connectivity index (χ1v) is 12.6. The van der Waals surface area contributed by atoms with Crippen LogP contribution in [0.1, 0.15) is 41.2 Å². The van der Waals surface area contributed by atoms with Crippen molar-refractivity contribution >= 4 is 23.6 Å². The number of nitrogens with one attached hydrogen (secondary N) is 2. The lowest BCUT2D eigenvalue weighted by Gasteiger charge is -2.24. The number of carbonyl (C=O) groups is 1. The van der Waals surface area contributed by atoms with Gasteiger partial charge in [-0.1, -0.05) is 13.8 Å². The van der Waals surface area contributed by atoms with Crippen molar-refractivity contribution in [3.05, 3.63) is 75.7 Å². The van der Waals surface area contributed by atoms with Gasteiger partial charge in [-0.05, 0) is 47.6 Å². The van der Waals surface area contributed by atoms with Crippen molar-refractivity contribution in [1.82, 2.24) is 24.3 Å². The van der Waals surface area contributed by atoms with Crippen LogP contribution in [0, 0.1) is 5.41 Å². The van der Waals surface area contributed by atoms with Crippen LogP contribution in [0.2, 0.25) is 0 Å². The Morgan fingerprint density at radius 3 is 2.79 bits per heavy atom. The Kier molecular flexibility index (Phi) is 6.66. The molecule has 38 heavy (non-hydrogen) atoms. The van der Waals surface area contributed by atoms with E-state index in [1.807, 2.05) is 24.1 Å². The third-order valence-corrected chi connectivity index (χ3v) is 7.24. The first-order chi connectivity index (χ1) is 18.2. The molecule has 0 bridgehead atoms. The molecular weight excluding hydrogens is 482 g/mol. The quantitative estimate of drug-likeness (QED) is 0.293.